The average Bonchev–Trinajstić information content (AvgIpc) is 2.79. The third kappa shape index (κ3) is 4.29. The molecule has 3 aromatic carbocycles. The zero-order valence-electron chi connectivity index (χ0n) is 17.5. The van der Waals surface area contributed by atoms with Crippen molar-refractivity contribution in [2.45, 2.75) is 13.0 Å². The second-order valence-corrected chi connectivity index (χ2v) is 7.10. The molecule has 0 unspecified atom stereocenters. The number of benzene rings is 3. The molecule has 1 aliphatic heterocycles. The van der Waals surface area contributed by atoms with Crippen molar-refractivity contribution in [2.24, 2.45) is 0 Å². The van der Waals surface area contributed by atoms with Crippen LogP contribution in [0.4, 0.5) is 0 Å². The summed E-state index contributed by atoms with van der Waals surface area (Å²) in [5.74, 6) is 2.41. The molecule has 1 aliphatic rings. The molecule has 0 saturated carbocycles. The molecule has 0 aliphatic carbocycles. The zero-order chi connectivity index (χ0) is 20.2. The van der Waals surface area contributed by atoms with Gasteiger partial charge in [-0.15, -0.1) is 0 Å². The summed E-state index contributed by atoms with van der Waals surface area (Å²) < 4.78 is 18.9. The second kappa shape index (κ2) is 9.68. The Balaban J connectivity index is 0.00000256. The normalized spacial score (nSPS) is 12.6. The Hall–Kier alpha value is -2.98. The summed E-state index contributed by atoms with van der Waals surface area (Å²) in [4.78, 5) is 0. The number of ether oxygens (including phenoxy) is 3. The minimum Gasteiger partial charge on any atom is -1.00 e. The number of halogens is 1. The van der Waals surface area contributed by atoms with Gasteiger partial charge in [0.2, 0.25) is 5.71 Å². The van der Waals surface area contributed by atoms with Gasteiger partial charge in [-0.3, -0.25) is 0 Å². The molecule has 0 atom stereocenters. The molecule has 30 heavy (non-hydrogen) atoms. The quantitative estimate of drug-likeness (QED) is 0.560. The molecule has 5 heteroatoms. The number of hydrogen-bond donors (Lipinski definition) is 0. The Kier molecular flexibility index (Phi) is 7.01. The van der Waals surface area contributed by atoms with E-state index in [9.17, 15) is 0 Å². The van der Waals surface area contributed by atoms with E-state index < -0.39 is 0 Å². The van der Waals surface area contributed by atoms with E-state index in [1.807, 2.05) is 12.1 Å². The fourth-order valence-corrected chi connectivity index (χ4v) is 3.93. The number of rotatable bonds is 6. The van der Waals surface area contributed by atoms with Gasteiger partial charge in [0.05, 0.1) is 26.9 Å². The Morgan fingerprint density at radius 2 is 1.47 bits per heavy atom. The first-order chi connectivity index (χ1) is 14.2. The van der Waals surface area contributed by atoms with Gasteiger partial charge in [-0.1, -0.05) is 18.2 Å². The van der Waals surface area contributed by atoms with E-state index in [1.165, 1.54) is 28.0 Å². The third-order valence-corrected chi connectivity index (χ3v) is 5.41. The highest BCUT2D eigenvalue weighted by Crippen LogP contribution is 2.34. The molecule has 0 spiro atoms. The summed E-state index contributed by atoms with van der Waals surface area (Å²) in [6.07, 6.45) is 0.960. The van der Waals surface area contributed by atoms with Gasteiger partial charge in [0.1, 0.15) is 12.3 Å². The lowest BCUT2D eigenvalue weighted by Crippen LogP contribution is -3.00. The van der Waals surface area contributed by atoms with Crippen molar-refractivity contribution in [3.05, 3.63) is 89.0 Å². The van der Waals surface area contributed by atoms with Crippen molar-refractivity contribution in [2.75, 3.05) is 27.9 Å². The maximum absolute atomic E-state index is 5.59. The highest BCUT2D eigenvalue weighted by atomic mass is 35.5. The smallest absolute Gasteiger partial charge is 0.215 e. The Morgan fingerprint density at radius 3 is 2.10 bits per heavy atom. The van der Waals surface area contributed by atoms with Crippen LogP contribution in [0.25, 0.3) is 0 Å². The van der Waals surface area contributed by atoms with Crippen LogP contribution in [0.2, 0.25) is 0 Å². The molecule has 0 radical (unpaired) electrons. The van der Waals surface area contributed by atoms with Crippen LogP contribution in [0.1, 0.15) is 22.3 Å². The van der Waals surface area contributed by atoms with E-state index in [4.69, 9.17) is 14.2 Å². The first-order valence-corrected chi connectivity index (χ1v) is 9.79. The maximum atomic E-state index is 5.59. The topological polar surface area (TPSA) is 30.7 Å². The molecule has 4 rings (SSSR count). The fraction of sp³-hybridized carbons (Fsp3) is 0.240. The van der Waals surface area contributed by atoms with Crippen molar-refractivity contribution in [3.8, 4) is 17.2 Å². The monoisotopic (exact) mass is 423 g/mol. The van der Waals surface area contributed by atoms with Gasteiger partial charge in [0, 0.05) is 17.5 Å². The lowest BCUT2D eigenvalue weighted by atomic mass is 9.91. The minimum atomic E-state index is 0. The van der Waals surface area contributed by atoms with Crippen LogP contribution >= 0.6 is 0 Å². The van der Waals surface area contributed by atoms with E-state index in [1.54, 1.807) is 21.3 Å². The van der Waals surface area contributed by atoms with Crippen molar-refractivity contribution < 1.29 is 31.2 Å². The molecule has 1 heterocycles. The molecular formula is C25H26ClNO3. The Morgan fingerprint density at radius 1 is 0.800 bits per heavy atom. The van der Waals surface area contributed by atoms with E-state index in [-0.39, 0.29) is 12.4 Å². The lowest BCUT2D eigenvalue weighted by Gasteiger charge is -2.21. The van der Waals surface area contributed by atoms with Gasteiger partial charge in [-0.25, -0.2) is 4.58 Å². The standard InChI is InChI=1S/C25H26NO3.ClH/c1-27-21-11-9-18(10-12-21)17-26-14-13-20-15-23(28-2)24(29-3)16-22(20)25(26)19-7-5-4-6-8-19;/h4-12,15-16H,13-14,17H2,1-3H3;1H/q+1;/p-1. The van der Waals surface area contributed by atoms with Gasteiger partial charge >= 0.3 is 0 Å². The lowest BCUT2D eigenvalue weighted by molar-refractivity contribution is -0.544. The average molecular weight is 424 g/mol. The van der Waals surface area contributed by atoms with Crippen LogP contribution in [0.5, 0.6) is 17.2 Å². The van der Waals surface area contributed by atoms with E-state index in [2.05, 4.69) is 59.2 Å². The summed E-state index contributed by atoms with van der Waals surface area (Å²) in [5.41, 5.74) is 6.17. The van der Waals surface area contributed by atoms with Gasteiger partial charge in [0.15, 0.2) is 18.0 Å². The van der Waals surface area contributed by atoms with Gasteiger partial charge in [-0.2, -0.15) is 0 Å². The van der Waals surface area contributed by atoms with Crippen molar-refractivity contribution in [1.29, 1.82) is 0 Å². The van der Waals surface area contributed by atoms with Gasteiger partial charge in [0.25, 0.3) is 0 Å². The molecule has 0 N–H and O–H groups in total. The highest BCUT2D eigenvalue weighted by Gasteiger charge is 2.29. The highest BCUT2D eigenvalue weighted by molar-refractivity contribution is 6.11. The summed E-state index contributed by atoms with van der Waals surface area (Å²) in [6, 6.07) is 23.1. The fourth-order valence-electron chi connectivity index (χ4n) is 3.93. The van der Waals surface area contributed by atoms with Crippen LogP contribution in [-0.4, -0.2) is 38.2 Å². The van der Waals surface area contributed by atoms with Crippen molar-refractivity contribution in [3.63, 3.8) is 0 Å². The SMILES string of the molecule is COc1ccc(C[N+]2=C(c3ccccc3)c3cc(OC)c(OC)cc3CC2)cc1.[Cl-]. The molecule has 0 amide bonds. The Labute approximate surface area is 184 Å². The second-order valence-electron chi connectivity index (χ2n) is 7.10. The Bertz CT molecular complexity index is 1030. The van der Waals surface area contributed by atoms with Crippen LogP contribution < -0.4 is 26.6 Å². The third-order valence-electron chi connectivity index (χ3n) is 5.41. The molecule has 0 saturated heterocycles. The summed E-state index contributed by atoms with van der Waals surface area (Å²) >= 11 is 0. The summed E-state index contributed by atoms with van der Waals surface area (Å²) in [6.45, 7) is 1.78. The summed E-state index contributed by atoms with van der Waals surface area (Å²) in [5, 5.41) is 0. The predicted molar refractivity (Wildman–Crippen MR) is 115 cm³/mol. The van der Waals surface area contributed by atoms with Gasteiger partial charge < -0.3 is 26.6 Å². The first-order valence-electron chi connectivity index (χ1n) is 9.79. The molecular weight excluding hydrogens is 398 g/mol. The largest absolute Gasteiger partial charge is 1.00 e. The maximum Gasteiger partial charge on any atom is 0.215 e. The zero-order valence-corrected chi connectivity index (χ0v) is 18.3. The number of methoxy groups -OCH3 is 3. The van der Waals surface area contributed by atoms with Crippen LogP contribution in [0, 0.1) is 0 Å². The number of fused-ring (bicyclic) bond motifs is 1. The van der Waals surface area contributed by atoms with Crippen LogP contribution in [-0.2, 0) is 13.0 Å². The molecule has 0 aromatic heterocycles. The predicted octanol–water partition coefficient (Wildman–Crippen LogP) is 1.32. The molecule has 4 nitrogen and oxygen atoms in total. The van der Waals surface area contributed by atoms with Crippen molar-refractivity contribution in [1.82, 2.24) is 0 Å². The minimum absolute atomic E-state index is 0. The molecule has 0 bridgehead atoms. The van der Waals surface area contributed by atoms with E-state index >= 15 is 0 Å². The molecule has 156 valence electrons. The number of hydrogen-bond acceptors (Lipinski definition) is 3. The van der Waals surface area contributed by atoms with E-state index in [0.29, 0.717) is 0 Å². The first kappa shape index (κ1) is 21.7. The van der Waals surface area contributed by atoms with E-state index in [0.717, 1.165) is 36.8 Å². The summed E-state index contributed by atoms with van der Waals surface area (Å²) in [7, 11) is 5.06. The van der Waals surface area contributed by atoms with Crippen LogP contribution in [0.15, 0.2) is 66.7 Å². The number of nitrogens with zero attached hydrogens (tertiary/aromatic N) is 1. The molecule has 0 fully saturated rings. The van der Waals surface area contributed by atoms with Gasteiger partial charge in [-0.05, 0) is 54.1 Å². The van der Waals surface area contributed by atoms with Crippen molar-refractivity contribution >= 4 is 5.71 Å². The molecule has 3 aromatic rings. The van der Waals surface area contributed by atoms with Crippen LogP contribution in [0.3, 0.4) is 0 Å².